The lowest BCUT2D eigenvalue weighted by atomic mass is 10.3. The summed E-state index contributed by atoms with van der Waals surface area (Å²) in [6, 6.07) is 7.68. The fourth-order valence-electron chi connectivity index (χ4n) is 1.84. The quantitative estimate of drug-likeness (QED) is 0.808. The fourth-order valence-corrected chi connectivity index (χ4v) is 2.04. The zero-order chi connectivity index (χ0) is 14.2. The van der Waals surface area contributed by atoms with Crippen molar-refractivity contribution in [2.24, 2.45) is 0 Å². The molecule has 1 aromatic rings. The van der Waals surface area contributed by atoms with E-state index < -0.39 is 0 Å². The summed E-state index contributed by atoms with van der Waals surface area (Å²) in [5, 5.41) is 6.82. The number of anilines is 1. The minimum Gasteiger partial charge on any atom is -0.494 e. The Hall–Kier alpha value is -1.37. The Morgan fingerprint density at radius 2 is 2.15 bits per heavy atom. The standard InChI is InChI=1S/C14H20N2O3S/c1-2-18-12-5-3-11(4-6-12)16-14(20)15-9-13-10-17-7-8-19-13/h3-6,13H,2,7-10H2,1H3,(H2,15,16,20)/t13-/m0/s1. The lowest BCUT2D eigenvalue weighted by Crippen LogP contribution is -2.41. The van der Waals surface area contributed by atoms with E-state index in [-0.39, 0.29) is 6.10 Å². The van der Waals surface area contributed by atoms with Crippen molar-refractivity contribution in [3.63, 3.8) is 0 Å². The maximum atomic E-state index is 5.53. The smallest absolute Gasteiger partial charge is 0.170 e. The SMILES string of the molecule is CCOc1ccc(NC(=S)NC[C@H]2COCCO2)cc1. The predicted octanol–water partition coefficient (Wildman–Crippen LogP) is 1.79. The van der Waals surface area contributed by atoms with E-state index in [1.165, 1.54) is 0 Å². The second-order valence-electron chi connectivity index (χ2n) is 4.36. The van der Waals surface area contributed by atoms with Crippen molar-refractivity contribution < 1.29 is 14.2 Å². The maximum absolute atomic E-state index is 5.53. The first kappa shape index (κ1) is 15.0. The average molecular weight is 296 g/mol. The summed E-state index contributed by atoms with van der Waals surface area (Å²) in [5.74, 6) is 0.852. The molecule has 0 aliphatic carbocycles. The Morgan fingerprint density at radius 3 is 2.80 bits per heavy atom. The van der Waals surface area contributed by atoms with Gasteiger partial charge in [0.15, 0.2) is 5.11 Å². The Kier molecular flexibility index (Phi) is 6.04. The average Bonchev–Trinajstić information content (AvgIpc) is 2.49. The van der Waals surface area contributed by atoms with Crippen LogP contribution in [0.3, 0.4) is 0 Å². The van der Waals surface area contributed by atoms with E-state index in [0.717, 1.165) is 11.4 Å². The first-order chi connectivity index (χ1) is 9.78. The molecule has 0 aromatic heterocycles. The van der Waals surface area contributed by atoms with Crippen LogP contribution in [-0.2, 0) is 9.47 Å². The highest BCUT2D eigenvalue weighted by Crippen LogP contribution is 2.15. The third-order valence-corrected chi connectivity index (χ3v) is 3.04. The number of thiocarbonyl (C=S) groups is 1. The Bertz CT molecular complexity index is 419. The summed E-state index contributed by atoms with van der Waals surface area (Å²) in [4.78, 5) is 0. The molecule has 0 bridgehead atoms. The van der Waals surface area contributed by atoms with Crippen molar-refractivity contribution in [1.82, 2.24) is 5.32 Å². The molecule has 1 aromatic carbocycles. The number of nitrogens with one attached hydrogen (secondary N) is 2. The molecule has 1 atom stereocenters. The van der Waals surface area contributed by atoms with Crippen LogP contribution in [0.2, 0.25) is 0 Å². The molecule has 0 saturated carbocycles. The van der Waals surface area contributed by atoms with Gasteiger partial charge >= 0.3 is 0 Å². The van der Waals surface area contributed by atoms with Crippen LogP contribution in [0.5, 0.6) is 5.75 Å². The second-order valence-corrected chi connectivity index (χ2v) is 4.77. The van der Waals surface area contributed by atoms with Gasteiger partial charge in [-0.1, -0.05) is 0 Å². The summed E-state index contributed by atoms with van der Waals surface area (Å²) >= 11 is 5.24. The predicted molar refractivity (Wildman–Crippen MR) is 82.4 cm³/mol. The van der Waals surface area contributed by atoms with Crippen LogP contribution in [0.15, 0.2) is 24.3 Å². The van der Waals surface area contributed by atoms with Crippen LogP contribution in [0.25, 0.3) is 0 Å². The van der Waals surface area contributed by atoms with E-state index in [9.17, 15) is 0 Å². The van der Waals surface area contributed by atoms with Gasteiger partial charge in [-0.2, -0.15) is 0 Å². The normalized spacial score (nSPS) is 18.4. The van der Waals surface area contributed by atoms with Gasteiger partial charge in [-0.15, -0.1) is 0 Å². The van der Waals surface area contributed by atoms with Gasteiger partial charge in [-0.05, 0) is 43.4 Å². The van der Waals surface area contributed by atoms with E-state index in [1.54, 1.807) is 0 Å². The first-order valence-corrected chi connectivity index (χ1v) is 7.16. The minimum absolute atomic E-state index is 0.0591. The van der Waals surface area contributed by atoms with Crippen molar-refractivity contribution in [1.29, 1.82) is 0 Å². The zero-order valence-corrected chi connectivity index (χ0v) is 12.4. The molecule has 2 N–H and O–H groups in total. The summed E-state index contributed by atoms with van der Waals surface area (Å²) in [5.41, 5.74) is 0.923. The summed E-state index contributed by atoms with van der Waals surface area (Å²) in [7, 11) is 0. The molecule has 1 fully saturated rings. The van der Waals surface area contributed by atoms with Crippen molar-refractivity contribution >= 4 is 23.0 Å². The second kappa shape index (κ2) is 8.04. The van der Waals surface area contributed by atoms with Gasteiger partial charge in [0.25, 0.3) is 0 Å². The minimum atomic E-state index is 0.0591. The lowest BCUT2D eigenvalue weighted by Gasteiger charge is -2.23. The molecular formula is C14H20N2O3S. The monoisotopic (exact) mass is 296 g/mol. The van der Waals surface area contributed by atoms with Gasteiger partial charge in [-0.25, -0.2) is 0 Å². The van der Waals surface area contributed by atoms with E-state index in [0.29, 0.717) is 38.1 Å². The largest absolute Gasteiger partial charge is 0.494 e. The molecule has 1 aliphatic heterocycles. The molecule has 110 valence electrons. The van der Waals surface area contributed by atoms with E-state index >= 15 is 0 Å². The number of hydrogen-bond acceptors (Lipinski definition) is 4. The van der Waals surface area contributed by atoms with Crippen LogP contribution in [-0.4, -0.2) is 44.2 Å². The van der Waals surface area contributed by atoms with E-state index in [2.05, 4.69) is 10.6 Å². The molecular weight excluding hydrogens is 276 g/mol. The Balaban J connectivity index is 1.73. The van der Waals surface area contributed by atoms with Crippen LogP contribution in [0.4, 0.5) is 5.69 Å². The molecule has 2 rings (SSSR count). The van der Waals surface area contributed by atoms with Gasteiger partial charge in [0.1, 0.15) is 5.75 Å². The molecule has 1 aliphatic rings. The first-order valence-electron chi connectivity index (χ1n) is 6.75. The van der Waals surface area contributed by atoms with Gasteiger partial charge in [-0.3, -0.25) is 0 Å². The molecule has 5 nitrogen and oxygen atoms in total. The number of rotatable bonds is 5. The molecule has 0 amide bonds. The van der Waals surface area contributed by atoms with Crippen LogP contribution in [0, 0.1) is 0 Å². The molecule has 1 saturated heterocycles. The topological polar surface area (TPSA) is 51.8 Å². The Labute approximate surface area is 124 Å². The number of hydrogen-bond donors (Lipinski definition) is 2. The van der Waals surface area contributed by atoms with Gasteiger partial charge in [0, 0.05) is 12.2 Å². The third kappa shape index (κ3) is 4.96. The van der Waals surface area contributed by atoms with Gasteiger partial charge in [0.2, 0.25) is 0 Å². The molecule has 0 radical (unpaired) electrons. The zero-order valence-electron chi connectivity index (χ0n) is 11.6. The molecule has 0 unspecified atom stereocenters. The van der Waals surface area contributed by atoms with Gasteiger partial charge < -0.3 is 24.8 Å². The van der Waals surface area contributed by atoms with Crippen molar-refractivity contribution in [2.75, 3.05) is 38.3 Å². The highest BCUT2D eigenvalue weighted by atomic mass is 32.1. The highest BCUT2D eigenvalue weighted by Gasteiger charge is 2.14. The van der Waals surface area contributed by atoms with Gasteiger partial charge in [0.05, 0.1) is 32.5 Å². The summed E-state index contributed by atoms with van der Waals surface area (Å²) in [6.07, 6.45) is 0.0591. The van der Waals surface area contributed by atoms with Crippen molar-refractivity contribution in [2.45, 2.75) is 13.0 Å². The maximum Gasteiger partial charge on any atom is 0.170 e. The Morgan fingerprint density at radius 1 is 1.35 bits per heavy atom. The van der Waals surface area contributed by atoms with Crippen LogP contribution < -0.4 is 15.4 Å². The molecule has 0 spiro atoms. The van der Waals surface area contributed by atoms with Crippen LogP contribution >= 0.6 is 12.2 Å². The van der Waals surface area contributed by atoms with Crippen LogP contribution in [0.1, 0.15) is 6.92 Å². The molecule has 20 heavy (non-hydrogen) atoms. The van der Waals surface area contributed by atoms with Crippen molar-refractivity contribution in [3.05, 3.63) is 24.3 Å². The van der Waals surface area contributed by atoms with E-state index in [1.807, 2.05) is 31.2 Å². The highest BCUT2D eigenvalue weighted by molar-refractivity contribution is 7.80. The summed E-state index contributed by atoms with van der Waals surface area (Å²) in [6.45, 7) is 5.19. The molecule has 6 heteroatoms. The molecule has 1 heterocycles. The van der Waals surface area contributed by atoms with Crippen molar-refractivity contribution in [3.8, 4) is 5.75 Å². The summed E-state index contributed by atoms with van der Waals surface area (Å²) < 4.78 is 16.2. The number of benzene rings is 1. The van der Waals surface area contributed by atoms with E-state index in [4.69, 9.17) is 26.4 Å². The third-order valence-electron chi connectivity index (χ3n) is 2.80. The lowest BCUT2D eigenvalue weighted by molar-refractivity contribution is -0.0849. The fraction of sp³-hybridized carbons (Fsp3) is 0.500. The number of ether oxygens (including phenoxy) is 3.